The first-order valence-corrected chi connectivity index (χ1v) is 10.8. The lowest BCUT2D eigenvalue weighted by molar-refractivity contribution is -0.128. The van der Waals surface area contributed by atoms with Gasteiger partial charge in [-0.2, -0.15) is 0 Å². The molecule has 1 aromatic heterocycles. The summed E-state index contributed by atoms with van der Waals surface area (Å²) < 4.78 is 24.3. The number of thiophene rings is 1. The van der Waals surface area contributed by atoms with Crippen molar-refractivity contribution in [2.75, 3.05) is 6.26 Å². The van der Waals surface area contributed by atoms with Gasteiger partial charge < -0.3 is 0 Å². The third kappa shape index (κ3) is 5.14. The van der Waals surface area contributed by atoms with Crippen LogP contribution in [0.15, 0.2) is 40.2 Å². The van der Waals surface area contributed by atoms with E-state index in [9.17, 15) is 13.2 Å². The quantitative estimate of drug-likeness (QED) is 0.519. The van der Waals surface area contributed by atoms with Crippen LogP contribution in [0.3, 0.4) is 0 Å². The van der Waals surface area contributed by atoms with Crippen molar-refractivity contribution in [2.24, 2.45) is 0 Å². The van der Waals surface area contributed by atoms with Crippen LogP contribution in [0.1, 0.15) is 18.4 Å². The molecule has 0 radical (unpaired) electrons. The van der Waals surface area contributed by atoms with Gasteiger partial charge in [-0.3, -0.25) is 10.0 Å². The second kappa shape index (κ2) is 8.24. The highest BCUT2D eigenvalue weighted by atomic mass is 79.9. The first-order valence-electron chi connectivity index (χ1n) is 7.28. The molecule has 0 bridgehead atoms. The molecular weight excluding hydrogens is 414 g/mol. The number of rotatable bonds is 7. The number of halogens is 1. The number of aryl methyl sites for hydroxylation is 1. The van der Waals surface area contributed by atoms with E-state index < -0.39 is 21.0 Å². The lowest BCUT2D eigenvalue weighted by Crippen LogP contribution is -2.37. The van der Waals surface area contributed by atoms with Crippen molar-refractivity contribution in [3.8, 4) is 10.4 Å². The average Bonchev–Trinajstić information content (AvgIpc) is 2.97. The van der Waals surface area contributed by atoms with Gasteiger partial charge in [0.2, 0.25) is 0 Å². The molecule has 1 amide bonds. The number of hydroxylamine groups is 1. The van der Waals surface area contributed by atoms with Gasteiger partial charge in [-0.05, 0) is 58.5 Å². The predicted molar refractivity (Wildman–Crippen MR) is 99.0 cm³/mol. The zero-order valence-electron chi connectivity index (χ0n) is 13.0. The number of amides is 1. The highest BCUT2D eigenvalue weighted by Gasteiger charge is 2.27. The third-order valence-corrected chi connectivity index (χ3v) is 6.82. The summed E-state index contributed by atoms with van der Waals surface area (Å²) in [6, 6.07) is 12.1. The van der Waals surface area contributed by atoms with Crippen LogP contribution in [0.5, 0.6) is 0 Å². The Morgan fingerprint density at radius 3 is 2.42 bits per heavy atom. The Kier molecular flexibility index (Phi) is 6.56. The van der Waals surface area contributed by atoms with Crippen LogP contribution in [0.2, 0.25) is 0 Å². The van der Waals surface area contributed by atoms with E-state index in [0.29, 0.717) is 12.8 Å². The van der Waals surface area contributed by atoms with Crippen molar-refractivity contribution in [2.45, 2.75) is 24.5 Å². The van der Waals surface area contributed by atoms with Gasteiger partial charge in [-0.25, -0.2) is 13.9 Å². The van der Waals surface area contributed by atoms with E-state index in [1.807, 2.05) is 36.4 Å². The molecule has 2 aromatic rings. The maximum Gasteiger partial charge on any atom is 0.261 e. The summed E-state index contributed by atoms with van der Waals surface area (Å²) in [6.45, 7) is 0. The number of sulfone groups is 1. The van der Waals surface area contributed by atoms with E-state index in [1.165, 1.54) is 10.4 Å². The monoisotopic (exact) mass is 431 g/mol. The van der Waals surface area contributed by atoms with Gasteiger partial charge in [0.05, 0.1) is 3.79 Å². The van der Waals surface area contributed by atoms with Crippen LogP contribution in [-0.2, 0) is 21.1 Å². The topological polar surface area (TPSA) is 83.5 Å². The standard InChI is InChI=1S/C16H18BrNO4S2/c1-24(21,22)14(16(19)18-20)4-2-3-11-5-7-12(8-6-11)13-9-10-15(17)23-13/h5-10,14,20H,2-4H2,1H3,(H,18,19). The summed E-state index contributed by atoms with van der Waals surface area (Å²) in [5.74, 6) is -0.879. The van der Waals surface area contributed by atoms with Gasteiger partial charge in [-0.1, -0.05) is 24.3 Å². The molecule has 8 heteroatoms. The van der Waals surface area contributed by atoms with Crippen LogP contribution in [0.25, 0.3) is 10.4 Å². The minimum absolute atomic E-state index is 0.171. The van der Waals surface area contributed by atoms with Crippen molar-refractivity contribution in [1.82, 2.24) is 5.48 Å². The minimum atomic E-state index is -3.55. The Morgan fingerprint density at radius 1 is 1.25 bits per heavy atom. The van der Waals surface area contributed by atoms with E-state index in [2.05, 4.69) is 15.9 Å². The Bertz CT molecular complexity index is 800. The Morgan fingerprint density at radius 2 is 1.92 bits per heavy atom. The molecule has 0 fully saturated rings. The van der Waals surface area contributed by atoms with Crippen molar-refractivity contribution < 1.29 is 18.4 Å². The van der Waals surface area contributed by atoms with E-state index in [1.54, 1.807) is 11.3 Å². The number of nitrogens with one attached hydrogen (secondary N) is 1. The summed E-state index contributed by atoms with van der Waals surface area (Å²) >= 11 is 5.10. The number of benzene rings is 1. The van der Waals surface area contributed by atoms with Gasteiger partial charge in [-0.15, -0.1) is 11.3 Å². The second-order valence-electron chi connectivity index (χ2n) is 5.49. The van der Waals surface area contributed by atoms with Crippen LogP contribution in [0, 0.1) is 0 Å². The molecule has 130 valence electrons. The highest BCUT2D eigenvalue weighted by molar-refractivity contribution is 9.11. The maximum absolute atomic E-state index is 11.6. The van der Waals surface area contributed by atoms with Gasteiger partial charge >= 0.3 is 0 Å². The van der Waals surface area contributed by atoms with Crippen LogP contribution < -0.4 is 5.48 Å². The fraction of sp³-hybridized carbons (Fsp3) is 0.312. The summed E-state index contributed by atoms with van der Waals surface area (Å²) in [5.41, 5.74) is 3.63. The number of carbonyl (C=O) groups is 1. The van der Waals surface area contributed by atoms with Gasteiger partial charge in [0.15, 0.2) is 9.84 Å². The van der Waals surface area contributed by atoms with Crippen molar-refractivity contribution >= 4 is 43.0 Å². The maximum atomic E-state index is 11.6. The zero-order chi connectivity index (χ0) is 17.7. The minimum Gasteiger partial charge on any atom is -0.289 e. The van der Waals surface area contributed by atoms with E-state index in [4.69, 9.17) is 5.21 Å². The fourth-order valence-electron chi connectivity index (χ4n) is 2.41. The molecule has 2 N–H and O–H groups in total. The molecule has 1 unspecified atom stereocenters. The number of hydrogen-bond donors (Lipinski definition) is 2. The smallest absolute Gasteiger partial charge is 0.261 e. The van der Waals surface area contributed by atoms with Crippen molar-refractivity contribution in [1.29, 1.82) is 0 Å². The molecule has 1 aromatic carbocycles. The summed E-state index contributed by atoms with van der Waals surface area (Å²) in [5, 5.41) is 7.44. The number of carbonyl (C=O) groups excluding carboxylic acids is 1. The molecule has 5 nitrogen and oxygen atoms in total. The predicted octanol–water partition coefficient (Wildman–Crippen LogP) is 3.42. The normalized spacial score (nSPS) is 12.8. The Labute approximate surface area is 153 Å². The fourth-order valence-corrected chi connectivity index (χ4v) is 4.84. The molecule has 0 aliphatic heterocycles. The van der Waals surface area contributed by atoms with Crippen molar-refractivity contribution in [3.63, 3.8) is 0 Å². The summed E-state index contributed by atoms with van der Waals surface area (Å²) in [4.78, 5) is 12.6. The highest BCUT2D eigenvalue weighted by Crippen LogP contribution is 2.31. The first-order chi connectivity index (χ1) is 11.3. The summed E-state index contributed by atoms with van der Waals surface area (Å²) in [6.07, 6.45) is 2.37. The Hall–Kier alpha value is -1.22. The lowest BCUT2D eigenvalue weighted by atomic mass is 10.0. The largest absolute Gasteiger partial charge is 0.289 e. The molecule has 0 aliphatic carbocycles. The molecule has 0 saturated heterocycles. The van der Waals surface area contributed by atoms with Gasteiger partial charge in [0.25, 0.3) is 5.91 Å². The second-order valence-corrected chi connectivity index (χ2v) is 10.2. The van der Waals surface area contributed by atoms with Crippen LogP contribution in [-0.4, -0.2) is 31.0 Å². The van der Waals surface area contributed by atoms with E-state index in [0.717, 1.165) is 21.2 Å². The van der Waals surface area contributed by atoms with Crippen molar-refractivity contribution in [3.05, 3.63) is 45.7 Å². The lowest BCUT2D eigenvalue weighted by Gasteiger charge is -2.12. The van der Waals surface area contributed by atoms with E-state index in [-0.39, 0.29) is 6.42 Å². The van der Waals surface area contributed by atoms with Gasteiger partial charge in [0.1, 0.15) is 5.25 Å². The third-order valence-electron chi connectivity index (χ3n) is 3.66. The van der Waals surface area contributed by atoms with Gasteiger partial charge in [0, 0.05) is 11.1 Å². The molecule has 2 rings (SSSR count). The Balaban J connectivity index is 1.96. The molecule has 0 spiro atoms. The van der Waals surface area contributed by atoms with E-state index >= 15 is 0 Å². The molecule has 0 saturated carbocycles. The molecular formula is C16H18BrNO4S2. The van der Waals surface area contributed by atoms with Crippen LogP contribution in [0.4, 0.5) is 0 Å². The number of hydrogen-bond acceptors (Lipinski definition) is 5. The summed E-state index contributed by atoms with van der Waals surface area (Å²) in [7, 11) is -3.55. The molecule has 1 atom stereocenters. The molecule has 0 aliphatic rings. The average molecular weight is 432 g/mol. The molecule has 1 heterocycles. The first kappa shape index (κ1) is 19.1. The zero-order valence-corrected chi connectivity index (χ0v) is 16.2. The SMILES string of the molecule is CS(=O)(=O)C(CCCc1ccc(-c2ccc(Br)s2)cc1)C(=O)NO. The molecule has 24 heavy (non-hydrogen) atoms. The van der Waals surface area contributed by atoms with Crippen LogP contribution >= 0.6 is 27.3 Å².